The van der Waals surface area contributed by atoms with E-state index in [0.29, 0.717) is 0 Å². The first-order valence-electron chi connectivity index (χ1n) is 10.6. The summed E-state index contributed by atoms with van der Waals surface area (Å²) in [6.45, 7) is -0.0410. The Hall–Kier alpha value is -3.44. The number of aliphatic carboxylic acids is 1. The third-order valence-electron chi connectivity index (χ3n) is 5.62. The van der Waals surface area contributed by atoms with Crippen LogP contribution in [0.3, 0.4) is 0 Å². The zero-order chi connectivity index (χ0) is 24.9. The van der Waals surface area contributed by atoms with Crippen molar-refractivity contribution >= 4 is 28.0 Å². The molecule has 3 rings (SSSR count). The van der Waals surface area contributed by atoms with Gasteiger partial charge in [-0.05, 0) is 22.3 Å². The number of likely N-dealkylation sites (N-methyl/N-ethyl adjacent to an activating group) is 1. The predicted octanol–water partition coefficient (Wildman–Crippen LogP) is 1.38. The summed E-state index contributed by atoms with van der Waals surface area (Å²) in [4.78, 5) is 36.1. The molecule has 0 heterocycles. The number of carboxylic acid groups (broad SMARTS) is 1. The Balaban J connectivity index is 1.60. The van der Waals surface area contributed by atoms with Gasteiger partial charge in [0.05, 0.1) is 12.7 Å². The average Bonchev–Trinajstić information content (AvgIpc) is 3.10. The Morgan fingerprint density at radius 3 is 2.15 bits per heavy atom. The quantitative estimate of drug-likeness (QED) is 0.458. The van der Waals surface area contributed by atoms with E-state index < -0.39 is 40.5 Å². The van der Waals surface area contributed by atoms with Crippen molar-refractivity contribution in [2.24, 2.45) is 0 Å². The van der Waals surface area contributed by atoms with Crippen LogP contribution in [0.2, 0.25) is 0 Å². The molecular weight excluding hydrogens is 462 g/mol. The van der Waals surface area contributed by atoms with E-state index in [9.17, 15) is 22.8 Å². The van der Waals surface area contributed by atoms with Gasteiger partial charge in [0, 0.05) is 26.1 Å². The largest absolute Gasteiger partial charge is 0.481 e. The summed E-state index contributed by atoms with van der Waals surface area (Å²) in [6, 6.07) is 14.3. The van der Waals surface area contributed by atoms with Gasteiger partial charge in [-0.1, -0.05) is 48.5 Å². The van der Waals surface area contributed by atoms with Gasteiger partial charge < -0.3 is 20.5 Å². The van der Waals surface area contributed by atoms with Crippen LogP contribution in [0.4, 0.5) is 4.79 Å². The highest BCUT2D eigenvalue weighted by Gasteiger charge is 2.30. The fourth-order valence-electron chi connectivity index (χ4n) is 3.79. The molecule has 0 aliphatic heterocycles. The van der Waals surface area contributed by atoms with E-state index in [0.717, 1.165) is 32.8 Å². The highest BCUT2D eigenvalue weighted by molar-refractivity contribution is 7.88. The molecule has 2 amide bonds. The normalized spacial score (nSPS) is 13.6. The number of sulfonamides is 1. The molecular formula is C23H27N3O7S. The van der Waals surface area contributed by atoms with Crippen molar-refractivity contribution in [3.05, 3.63) is 59.7 Å². The van der Waals surface area contributed by atoms with E-state index in [-0.39, 0.29) is 25.6 Å². The standard InChI is InChI=1S/C23H27N3O7S/c1-26(34(2,31)32)12-11-24-22(29)20(13-21(27)28)25-23(30)33-14-19-17-9-5-3-7-15(17)16-8-4-6-10-18(16)19/h3-10,19-20H,11-14H2,1-2H3,(H,24,29)(H,25,30)(H,27,28). The summed E-state index contributed by atoms with van der Waals surface area (Å²) >= 11 is 0. The first-order chi connectivity index (χ1) is 16.1. The Labute approximate surface area is 198 Å². The molecule has 0 radical (unpaired) electrons. The molecule has 0 fully saturated rings. The number of alkyl carbamates (subject to hydrolysis) is 1. The van der Waals surface area contributed by atoms with E-state index in [4.69, 9.17) is 9.84 Å². The number of hydrogen-bond donors (Lipinski definition) is 3. The number of benzene rings is 2. The molecule has 182 valence electrons. The lowest BCUT2D eigenvalue weighted by molar-refractivity contribution is -0.139. The maximum atomic E-state index is 12.4. The Morgan fingerprint density at radius 1 is 1.06 bits per heavy atom. The molecule has 1 aliphatic rings. The van der Waals surface area contributed by atoms with E-state index >= 15 is 0 Å². The maximum Gasteiger partial charge on any atom is 0.407 e. The molecule has 1 unspecified atom stereocenters. The summed E-state index contributed by atoms with van der Waals surface area (Å²) in [5, 5.41) is 13.9. The second-order valence-electron chi connectivity index (χ2n) is 8.00. The number of ether oxygens (including phenoxy) is 1. The Kier molecular flexibility index (Phi) is 7.90. The van der Waals surface area contributed by atoms with Crippen LogP contribution in [0.5, 0.6) is 0 Å². The molecule has 1 atom stereocenters. The van der Waals surface area contributed by atoms with Gasteiger partial charge in [-0.15, -0.1) is 0 Å². The van der Waals surface area contributed by atoms with E-state index in [1.807, 2.05) is 48.5 Å². The predicted molar refractivity (Wildman–Crippen MR) is 125 cm³/mol. The number of amides is 2. The monoisotopic (exact) mass is 489 g/mol. The summed E-state index contributed by atoms with van der Waals surface area (Å²) in [5.41, 5.74) is 4.17. The van der Waals surface area contributed by atoms with Gasteiger partial charge in [0.15, 0.2) is 0 Å². The third-order valence-corrected chi connectivity index (χ3v) is 6.94. The molecule has 2 aromatic carbocycles. The number of hydrogen-bond acceptors (Lipinski definition) is 6. The summed E-state index contributed by atoms with van der Waals surface area (Å²) in [7, 11) is -2.07. The van der Waals surface area contributed by atoms with Gasteiger partial charge in [0.2, 0.25) is 15.9 Å². The zero-order valence-electron chi connectivity index (χ0n) is 18.9. The van der Waals surface area contributed by atoms with Gasteiger partial charge in [0.1, 0.15) is 12.6 Å². The molecule has 34 heavy (non-hydrogen) atoms. The minimum atomic E-state index is -3.42. The average molecular weight is 490 g/mol. The number of carboxylic acids is 1. The molecule has 0 saturated heterocycles. The van der Waals surface area contributed by atoms with Crippen LogP contribution in [0.15, 0.2) is 48.5 Å². The highest BCUT2D eigenvalue weighted by Crippen LogP contribution is 2.44. The SMILES string of the molecule is CN(CCNC(=O)C(CC(=O)O)NC(=O)OCC1c2ccccc2-c2ccccc21)S(C)(=O)=O. The van der Waals surface area contributed by atoms with Crippen molar-refractivity contribution in [2.45, 2.75) is 18.4 Å². The molecule has 0 bridgehead atoms. The fraction of sp³-hybridized carbons (Fsp3) is 0.348. The number of rotatable bonds is 10. The first kappa shape index (κ1) is 25.2. The Morgan fingerprint density at radius 2 is 1.62 bits per heavy atom. The Bertz CT molecular complexity index is 1140. The van der Waals surface area contributed by atoms with Crippen molar-refractivity contribution in [3.8, 4) is 11.1 Å². The van der Waals surface area contributed by atoms with Gasteiger partial charge in [-0.25, -0.2) is 17.5 Å². The number of fused-ring (bicyclic) bond motifs is 3. The van der Waals surface area contributed by atoms with E-state index in [1.54, 1.807) is 0 Å². The number of nitrogens with zero attached hydrogens (tertiary/aromatic N) is 1. The maximum absolute atomic E-state index is 12.4. The summed E-state index contributed by atoms with van der Waals surface area (Å²) in [6.07, 6.45) is -0.546. The third kappa shape index (κ3) is 6.12. The van der Waals surface area contributed by atoms with Crippen molar-refractivity contribution in [3.63, 3.8) is 0 Å². The molecule has 11 heteroatoms. The molecule has 1 aliphatic carbocycles. The van der Waals surface area contributed by atoms with Crippen LogP contribution in [-0.2, 0) is 24.3 Å². The van der Waals surface area contributed by atoms with Gasteiger partial charge in [0.25, 0.3) is 0 Å². The van der Waals surface area contributed by atoms with E-state index in [2.05, 4.69) is 10.6 Å². The second-order valence-corrected chi connectivity index (χ2v) is 10.1. The zero-order valence-corrected chi connectivity index (χ0v) is 19.7. The lowest BCUT2D eigenvalue weighted by atomic mass is 9.98. The lowest BCUT2D eigenvalue weighted by Crippen LogP contribution is -2.49. The van der Waals surface area contributed by atoms with Crippen molar-refractivity contribution in [2.75, 3.05) is 33.0 Å². The minimum Gasteiger partial charge on any atom is -0.481 e. The first-order valence-corrected chi connectivity index (χ1v) is 12.4. The van der Waals surface area contributed by atoms with Crippen molar-refractivity contribution in [1.82, 2.24) is 14.9 Å². The van der Waals surface area contributed by atoms with Crippen LogP contribution in [0.1, 0.15) is 23.5 Å². The molecule has 0 saturated carbocycles. The smallest absolute Gasteiger partial charge is 0.407 e. The van der Waals surface area contributed by atoms with Gasteiger partial charge in [-0.3, -0.25) is 9.59 Å². The van der Waals surface area contributed by atoms with Crippen LogP contribution >= 0.6 is 0 Å². The van der Waals surface area contributed by atoms with E-state index in [1.165, 1.54) is 7.05 Å². The molecule has 3 N–H and O–H groups in total. The van der Waals surface area contributed by atoms with Crippen LogP contribution < -0.4 is 10.6 Å². The van der Waals surface area contributed by atoms with Crippen molar-refractivity contribution in [1.29, 1.82) is 0 Å². The molecule has 0 aromatic heterocycles. The summed E-state index contributed by atoms with van der Waals surface area (Å²) < 4.78 is 29.3. The molecule has 0 spiro atoms. The number of carbonyl (C=O) groups is 3. The van der Waals surface area contributed by atoms with Gasteiger partial charge >= 0.3 is 12.1 Å². The van der Waals surface area contributed by atoms with Crippen LogP contribution in [-0.4, -0.2) is 74.8 Å². The lowest BCUT2D eigenvalue weighted by Gasteiger charge is -2.19. The molecule has 2 aromatic rings. The minimum absolute atomic E-state index is 0.00465. The number of nitrogens with one attached hydrogen (secondary N) is 2. The topological polar surface area (TPSA) is 142 Å². The fourth-order valence-corrected chi connectivity index (χ4v) is 4.21. The van der Waals surface area contributed by atoms with Gasteiger partial charge in [-0.2, -0.15) is 0 Å². The molecule has 10 nitrogen and oxygen atoms in total. The number of carbonyl (C=O) groups excluding carboxylic acids is 2. The summed E-state index contributed by atoms with van der Waals surface area (Å²) in [5.74, 6) is -2.22. The van der Waals surface area contributed by atoms with Crippen LogP contribution in [0.25, 0.3) is 11.1 Å². The highest BCUT2D eigenvalue weighted by atomic mass is 32.2. The second kappa shape index (κ2) is 10.7. The van der Waals surface area contributed by atoms with Crippen molar-refractivity contribution < 1.29 is 32.6 Å². The van der Waals surface area contributed by atoms with Crippen LogP contribution in [0, 0.1) is 0 Å².